The summed E-state index contributed by atoms with van der Waals surface area (Å²) in [5.74, 6) is -0.725. The number of sulfonamides is 1. The second-order valence-corrected chi connectivity index (χ2v) is 8.74. The van der Waals surface area contributed by atoms with E-state index in [-0.39, 0.29) is 10.6 Å². The van der Waals surface area contributed by atoms with Crippen molar-refractivity contribution in [3.8, 4) is 5.75 Å². The van der Waals surface area contributed by atoms with Crippen molar-refractivity contribution < 1.29 is 22.3 Å². The highest BCUT2D eigenvalue weighted by Crippen LogP contribution is 2.27. The maximum atomic E-state index is 14.6. The third-order valence-electron chi connectivity index (χ3n) is 4.74. The zero-order chi connectivity index (χ0) is 22.4. The quantitative estimate of drug-likeness (QED) is 0.534. The summed E-state index contributed by atoms with van der Waals surface area (Å²) >= 11 is 0. The summed E-state index contributed by atoms with van der Waals surface area (Å²) in [6, 6.07) is 20.5. The van der Waals surface area contributed by atoms with Gasteiger partial charge in [0.2, 0.25) is 5.91 Å². The van der Waals surface area contributed by atoms with Gasteiger partial charge < -0.3 is 9.64 Å². The Bertz CT molecular complexity index is 1140. The van der Waals surface area contributed by atoms with Crippen LogP contribution in [0.1, 0.15) is 5.56 Å². The Morgan fingerprint density at radius 1 is 0.935 bits per heavy atom. The van der Waals surface area contributed by atoms with Gasteiger partial charge in [-0.05, 0) is 42.0 Å². The van der Waals surface area contributed by atoms with Crippen LogP contribution in [-0.2, 0) is 21.4 Å². The fraction of sp³-hybridized carbons (Fsp3) is 0.174. The molecule has 0 unspecified atom stereocenters. The number of hydrogen-bond acceptors (Lipinski definition) is 4. The van der Waals surface area contributed by atoms with Gasteiger partial charge in [0, 0.05) is 13.6 Å². The van der Waals surface area contributed by atoms with Gasteiger partial charge in [0.15, 0.2) is 0 Å². The van der Waals surface area contributed by atoms with E-state index in [1.165, 1.54) is 54.5 Å². The lowest BCUT2D eigenvalue weighted by Crippen LogP contribution is -2.41. The molecule has 3 aromatic carbocycles. The first-order valence-corrected chi connectivity index (χ1v) is 11.0. The number of ether oxygens (including phenoxy) is 1. The molecule has 0 aliphatic heterocycles. The Morgan fingerprint density at radius 3 is 2.16 bits per heavy atom. The highest BCUT2D eigenvalue weighted by Gasteiger charge is 2.30. The monoisotopic (exact) mass is 442 g/mol. The van der Waals surface area contributed by atoms with Gasteiger partial charge in [-0.3, -0.25) is 9.10 Å². The van der Waals surface area contributed by atoms with Crippen molar-refractivity contribution in [2.45, 2.75) is 11.4 Å². The largest absolute Gasteiger partial charge is 0.497 e. The lowest BCUT2D eigenvalue weighted by molar-refractivity contribution is -0.128. The Kier molecular flexibility index (Phi) is 6.91. The van der Waals surface area contributed by atoms with Gasteiger partial charge in [0.05, 0.1) is 17.7 Å². The number of methoxy groups -OCH3 is 1. The van der Waals surface area contributed by atoms with Crippen LogP contribution >= 0.6 is 0 Å². The number of halogens is 1. The molecular formula is C23H23FN2O4S. The van der Waals surface area contributed by atoms with Gasteiger partial charge in [0.1, 0.15) is 18.1 Å². The number of likely N-dealkylation sites (N-methyl/N-ethyl adjacent to an activating group) is 1. The minimum Gasteiger partial charge on any atom is -0.497 e. The van der Waals surface area contributed by atoms with Crippen LogP contribution < -0.4 is 9.04 Å². The number of carbonyl (C=O) groups excluding carboxylic acids is 1. The Balaban J connectivity index is 1.93. The molecule has 0 heterocycles. The molecule has 0 bridgehead atoms. The van der Waals surface area contributed by atoms with Gasteiger partial charge in [-0.2, -0.15) is 0 Å². The first kappa shape index (κ1) is 22.3. The molecule has 0 aliphatic rings. The number of para-hydroxylation sites is 1. The van der Waals surface area contributed by atoms with Crippen LogP contribution in [0.5, 0.6) is 5.75 Å². The lowest BCUT2D eigenvalue weighted by atomic mass is 10.2. The molecule has 0 radical (unpaired) electrons. The van der Waals surface area contributed by atoms with Crippen LogP contribution in [0.2, 0.25) is 0 Å². The number of carbonyl (C=O) groups is 1. The third-order valence-corrected chi connectivity index (χ3v) is 6.51. The molecule has 162 valence electrons. The van der Waals surface area contributed by atoms with Gasteiger partial charge >= 0.3 is 0 Å². The zero-order valence-electron chi connectivity index (χ0n) is 17.2. The first-order valence-electron chi connectivity index (χ1n) is 9.52. The van der Waals surface area contributed by atoms with E-state index in [0.29, 0.717) is 12.3 Å². The first-order chi connectivity index (χ1) is 14.8. The predicted molar refractivity (Wildman–Crippen MR) is 117 cm³/mol. The van der Waals surface area contributed by atoms with Crippen molar-refractivity contribution >= 4 is 21.6 Å². The van der Waals surface area contributed by atoms with E-state index >= 15 is 0 Å². The molecule has 0 fully saturated rings. The van der Waals surface area contributed by atoms with Crippen molar-refractivity contribution in [3.63, 3.8) is 0 Å². The second kappa shape index (κ2) is 9.61. The molecule has 0 aliphatic carbocycles. The zero-order valence-corrected chi connectivity index (χ0v) is 18.0. The average molecular weight is 443 g/mol. The molecule has 1 amide bonds. The molecule has 0 saturated carbocycles. The summed E-state index contributed by atoms with van der Waals surface area (Å²) in [4.78, 5) is 14.2. The molecule has 3 aromatic rings. The minimum absolute atomic E-state index is 0.0740. The highest BCUT2D eigenvalue weighted by atomic mass is 32.2. The lowest BCUT2D eigenvalue weighted by Gasteiger charge is -2.27. The summed E-state index contributed by atoms with van der Waals surface area (Å²) in [7, 11) is -1.17. The molecule has 0 saturated heterocycles. The van der Waals surface area contributed by atoms with Crippen LogP contribution in [0.3, 0.4) is 0 Å². The van der Waals surface area contributed by atoms with Crippen LogP contribution in [0.25, 0.3) is 0 Å². The fourth-order valence-corrected chi connectivity index (χ4v) is 4.44. The maximum Gasteiger partial charge on any atom is 0.264 e. The minimum atomic E-state index is -4.21. The molecule has 0 N–H and O–H groups in total. The molecule has 31 heavy (non-hydrogen) atoms. The van der Waals surface area contributed by atoms with E-state index in [1.807, 2.05) is 30.3 Å². The number of benzene rings is 3. The van der Waals surface area contributed by atoms with Crippen molar-refractivity contribution in [2.24, 2.45) is 0 Å². The summed E-state index contributed by atoms with van der Waals surface area (Å²) in [5.41, 5.74) is 0.702. The molecule has 0 spiro atoms. The van der Waals surface area contributed by atoms with Crippen LogP contribution in [0.15, 0.2) is 83.8 Å². The number of rotatable bonds is 8. The molecule has 3 rings (SSSR count). The maximum absolute atomic E-state index is 14.6. The van der Waals surface area contributed by atoms with E-state index < -0.39 is 28.3 Å². The molecule has 0 atom stereocenters. The van der Waals surface area contributed by atoms with Crippen molar-refractivity contribution in [1.82, 2.24) is 4.90 Å². The third kappa shape index (κ3) is 5.21. The van der Waals surface area contributed by atoms with E-state index in [0.717, 1.165) is 15.9 Å². The number of anilines is 1. The van der Waals surface area contributed by atoms with Gasteiger partial charge in [-0.1, -0.05) is 42.5 Å². The normalized spacial score (nSPS) is 11.1. The van der Waals surface area contributed by atoms with Crippen LogP contribution in [0, 0.1) is 5.82 Å². The molecular weight excluding hydrogens is 419 g/mol. The number of nitrogens with zero attached hydrogens (tertiary/aromatic N) is 2. The van der Waals surface area contributed by atoms with Crippen molar-refractivity contribution in [2.75, 3.05) is 25.0 Å². The van der Waals surface area contributed by atoms with Gasteiger partial charge in [-0.15, -0.1) is 0 Å². The Morgan fingerprint density at radius 2 is 1.55 bits per heavy atom. The van der Waals surface area contributed by atoms with E-state index in [9.17, 15) is 17.6 Å². The molecule has 0 aromatic heterocycles. The van der Waals surface area contributed by atoms with E-state index in [1.54, 1.807) is 7.05 Å². The van der Waals surface area contributed by atoms with Gasteiger partial charge in [0.25, 0.3) is 10.0 Å². The SMILES string of the molecule is COc1ccc(S(=O)(=O)N(CC(=O)N(C)Cc2ccccc2)c2ccccc2F)cc1. The standard InChI is InChI=1S/C23H23FN2O4S/c1-25(16-18-8-4-3-5-9-18)23(27)17-26(22-11-7-6-10-21(22)24)31(28,29)20-14-12-19(30-2)13-15-20/h3-15H,16-17H2,1-2H3. The van der Waals surface area contributed by atoms with Crippen molar-refractivity contribution in [3.05, 3.63) is 90.2 Å². The Hall–Kier alpha value is -3.39. The summed E-state index contributed by atoms with van der Waals surface area (Å²) in [5, 5.41) is 0. The topological polar surface area (TPSA) is 66.9 Å². The summed E-state index contributed by atoms with van der Waals surface area (Å²) in [6.07, 6.45) is 0. The predicted octanol–water partition coefficient (Wildman–Crippen LogP) is 3.69. The summed E-state index contributed by atoms with van der Waals surface area (Å²) < 4.78 is 47.1. The molecule has 6 nitrogen and oxygen atoms in total. The van der Waals surface area contributed by atoms with Gasteiger partial charge in [-0.25, -0.2) is 12.8 Å². The fourth-order valence-electron chi connectivity index (χ4n) is 3.02. The van der Waals surface area contributed by atoms with E-state index in [4.69, 9.17) is 4.74 Å². The Labute approximate surface area is 181 Å². The smallest absolute Gasteiger partial charge is 0.264 e. The van der Waals surface area contributed by atoms with E-state index in [2.05, 4.69) is 0 Å². The molecule has 8 heteroatoms. The highest BCUT2D eigenvalue weighted by molar-refractivity contribution is 7.92. The van der Waals surface area contributed by atoms with Crippen molar-refractivity contribution in [1.29, 1.82) is 0 Å². The number of hydrogen-bond donors (Lipinski definition) is 0. The van der Waals surface area contributed by atoms with Crippen LogP contribution in [0.4, 0.5) is 10.1 Å². The number of amides is 1. The summed E-state index contributed by atoms with van der Waals surface area (Å²) in [6.45, 7) is -0.244. The second-order valence-electron chi connectivity index (χ2n) is 6.87. The van der Waals surface area contributed by atoms with Crippen LogP contribution in [-0.4, -0.2) is 39.9 Å². The average Bonchev–Trinajstić information content (AvgIpc) is 2.78.